The van der Waals surface area contributed by atoms with E-state index in [4.69, 9.17) is 9.47 Å². The van der Waals surface area contributed by atoms with E-state index in [1.165, 1.54) is 28.6 Å². The summed E-state index contributed by atoms with van der Waals surface area (Å²) in [5.74, 6) is -0.847. The smallest absolute Gasteiger partial charge is 0.337 e. The molecule has 1 aromatic heterocycles. The van der Waals surface area contributed by atoms with Crippen LogP contribution in [0.3, 0.4) is 0 Å². The Morgan fingerprint density at radius 2 is 1.37 bits per heavy atom. The summed E-state index contributed by atoms with van der Waals surface area (Å²) in [6.07, 6.45) is 2.51. The van der Waals surface area contributed by atoms with Crippen molar-refractivity contribution in [2.45, 2.75) is 43.8 Å². The van der Waals surface area contributed by atoms with Gasteiger partial charge < -0.3 is 19.1 Å². The summed E-state index contributed by atoms with van der Waals surface area (Å²) in [7, 11) is -1.27. The minimum atomic E-state index is -4.35. The first kappa shape index (κ1) is 33.9. The van der Waals surface area contributed by atoms with Crippen LogP contribution >= 0.6 is 0 Å². The SMILES string of the molecule is COc1ccc(CN(Cc2ccc(OC)cc2)S(=O)(=O)c2ccc(Cn3c(-c4ccc(F)cc4)cc(C(=O)O)c3CC3CC3)cc2F)cc1. The summed E-state index contributed by atoms with van der Waals surface area (Å²) in [6, 6.07) is 25.3. The molecule has 0 radical (unpaired) electrons. The molecule has 0 aliphatic heterocycles. The average molecular weight is 687 g/mol. The van der Waals surface area contributed by atoms with Crippen molar-refractivity contribution < 1.29 is 36.6 Å². The molecule has 1 fully saturated rings. The van der Waals surface area contributed by atoms with E-state index in [2.05, 4.69) is 0 Å². The Labute approximate surface area is 284 Å². The molecule has 1 saturated carbocycles. The van der Waals surface area contributed by atoms with Gasteiger partial charge in [-0.05, 0) is 114 Å². The van der Waals surface area contributed by atoms with Crippen LogP contribution in [-0.4, -0.2) is 42.6 Å². The van der Waals surface area contributed by atoms with Crippen LogP contribution in [0.5, 0.6) is 11.5 Å². The lowest BCUT2D eigenvalue weighted by molar-refractivity contribution is 0.0695. The molecule has 6 rings (SSSR count). The molecule has 5 aromatic rings. The van der Waals surface area contributed by atoms with Crippen molar-refractivity contribution in [2.75, 3.05) is 14.2 Å². The van der Waals surface area contributed by atoms with Gasteiger partial charge in [-0.2, -0.15) is 4.31 Å². The van der Waals surface area contributed by atoms with Crippen molar-refractivity contribution in [3.8, 4) is 22.8 Å². The van der Waals surface area contributed by atoms with Gasteiger partial charge >= 0.3 is 5.97 Å². The van der Waals surface area contributed by atoms with Crippen LogP contribution in [0.2, 0.25) is 0 Å². The quantitative estimate of drug-likeness (QED) is 0.130. The summed E-state index contributed by atoms with van der Waals surface area (Å²) in [5.41, 5.74) is 3.71. The third-order valence-corrected chi connectivity index (χ3v) is 10.6. The molecule has 0 amide bonds. The number of aromatic nitrogens is 1. The average Bonchev–Trinajstić information content (AvgIpc) is 3.85. The molecule has 0 saturated heterocycles. The number of benzene rings is 4. The molecule has 254 valence electrons. The summed E-state index contributed by atoms with van der Waals surface area (Å²) in [5, 5.41) is 10.1. The number of aromatic carboxylic acids is 1. The fourth-order valence-corrected chi connectivity index (χ4v) is 7.36. The minimum Gasteiger partial charge on any atom is -0.497 e. The predicted octanol–water partition coefficient (Wildman–Crippen LogP) is 7.54. The van der Waals surface area contributed by atoms with Gasteiger partial charge in [0.1, 0.15) is 28.0 Å². The molecule has 49 heavy (non-hydrogen) atoms. The first-order valence-electron chi connectivity index (χ1n) is 15.8. The van der Waals surface area contributed by atoms with Gasteiger partial charge in [-0.15, -0.1) is 0 Å². The molecular weight excluding hydrogens is 650 g/mol. The first-order valence-corrected chi connectivity index (χ1v) is 17.3. The summed E-state index contributed by atoms with van der Waals surface area (Å²) < 4.78 is 71.6. The molecule has 1 aliphatic rings. The highest BCUT2D eigenvalue weighted by Crippen LogP contribution is 2.37. The highest BCUT2D eigenvalue weighted by molar-refractivity contribution is 7.89. The highest BCUT2D eigenvalue weighted by atomic mass is 32.2. The maximum atomic E-state index is 16.0. The zero-order chi connectivity index (χ0) is 34.7. The fraction of sp³-hybridized carbons (Fsp3) is 0.237. The van der Waals surface area contributed by atoms with Crippen molar-refractivity contribution in [3.63, 3.8) is 0 Å². The Bertz CT molecular complexity index is 2010. The normalized spacial score (nSPS) is 13.1. The number of nitrogens with zero attached hydrogens (tertiary/aromatic N) is 2. The lowest BCUT2D eigenvalue weighted by atomic mass is 10.1. The van der Waals surface area contributed by atoms with Crippen LogP contribution in [0.15, 0.2) is 102 Å². The molecule has 0 atom stereocenters. The van der Waals surface area contributed by atoms with Gasteiger partial charge in [0.05, 0.1) is 19.8 Å². The third kappa shape index (κ3) is 7.68. The molecule has 1 N–H and O–H groups in total. The van der Waals surface area contributed by atoms with E-state index in [-0.39, 0.29) is 25.2 Å². The predicted molar refractivity (Wildman–Crippen MR) is 181 cm³/mol. The molecule has 11 heteroatoms. The van der Waals surface area contributed by atoms with E-state index in [1.807, 2.05) is 4.57 Å². The Morgan fingerprint density at radius 3 is 1.86 bits per heavy atom. The number of carboxylic acid groups (broad SMARTS) is 1. The largest absolute Gasteiger partial charge is 0.497 e. The molecule has 0 unspecified atom stereocenters. The minimum absolute atomic E-state index is 0.0214. The molecule has 0 spiro atoms. The molecule has 1 aliphatic carbocycles. The van der Waals surface area contributed by atoms with Crippen LogP contribution in [0.1, 0.15) is 45.6 Å². The maximum absolute atomic E-state index is 16.0. The van der Waals surface area contributed by atoms with Gasteiger partial charge in [0, 0.05) is 31.0 Å². The Morgan fingerprint density at radius 1 is 0.816 bits per heavy atom. The van der Waals surface area contributed by atoms with Crippen molar-refractivity contribution in [2.24, 2.45) is 5.92 Å². The second kappa shape index (κ2) is 14.2. The van der Waals surface area contributed by atoms with Crippen LogP contribution in [0.25, 0.3) is 11.3 Å². The number of hydrogen-bond donors (Lipinski definition) is 1. The van der Waals surface area contributed by atoms with Crippen molar-refractivity contribution in [1.29, 1.82) is 0 Å². The standard InChI is InChI=1S/C38H36F2N2O6S/c1-47-31-14-5-26(6-15-31)22-41(23-27-7-16-32(48-2)17-8-27)49(45,46)37-18-9-28(19-34(37)40)24-42-35(29-10-12-30(39)13-11-29)21-33(38(43)44)36(42)20-25-3-4-25/h5-19,21,25H,3-4,20,22-24H2,1-2H3,(H,43,44). The highest BCUT2D eigenvalue weighted by Gasteiger charge is 2.30. The maximum Gasteiger partial charge on any atom is 0.337 e. The van der Waals surface area contributed by atoms with Gasteiger partial charge in [0.2, 0.25) is 10.0 Å². The van der Waals surface area contributed by atoms with E-state index in [0.29, 0.717) is 57.5 Å². The van der Waals surface area contributed by atoms with E-state index in [1.54, 1.807) is 87.0 Å². The zero-order valence-corrected chi connectivity index (χ0v) is 27.9. The second-order valence-electron chi connectivity index (χ2n) is 12.2. The van der Waals surface area contributed by atoms with E-state index < -0.39 is 32.5 Å². The first-order chi connectivity index (χ1) is 23.5. The summed E-state index contributed by atoms with van der Waals surface area (Å²) in [6.45, 7) is 0.0412. The van der Waals surface area contributed by atoms with Gasteiger partial charge in [-0.1, -0.05) is 30.3 Å². The van der Waals surface area contributed by atoms with E-state index in [0.717, 1.165) is 12.8 Å². The Kier molecular flexibility index (Phi) is 9.84. The van der Waals surface area contributed by atoms with Crippen molar-refractivity contribution >= 4 is 16.0 Å². The second-order valence-corrected chi connectivity index (χ2v) is 14.1. The topological polar surface area (TPSA) is 98.1 Å². The van der Waals surface area contributed by atoms with Gasteiger partial charge in [-0.25, -0.2) is 22.0 Å². The number of rotatable bonds is 14. The van der Waals surface area contributed by atoms with E-state index in [9.17, 15) is 22.7 Å². The number of sulfonamides is 1. The monoisotopic (exact) mass is 686 g/mol. The van der Waals surface area contributed by atoms with Crippen LogP contribution < -0.4 is 9.47 Å². The number of carboxylic acids is 1. The van der Waals surface area contributed by atoms with E-state index >= 15 is 4.39 Å². The molecule has 1 heterocycles. The summed E-state index contributed by atoms with van der Waals surface area (Å²) in [4.78, 5) is 11.8. The summed E-state index contributed by atoms with van der Waals surface area (Å²) >= 11 is 0. The molecule has 0 bridgehead atoms. The van der Waals surface area contributed by atoms with Crippen LogP contribution in [-0.2, 0) is 36.1 Å². The molecule has 4 aromatic carbocycles. The van der Waals surface area contributed by atoms with Gasteiger partial charge in [0.25, 0.3) is 0 Å². The molecule has 8 nitrogen and oxygen atoms in total. The molecular formula is C38H36F2N2O6S. The Balaban J connectivity index is 1.35. The third-order valence-electron chi connectivity index (χ3n) is 8.75. The number of hydrogen-bond acceptors (Lipinski definition) is 5. The van der Waals surface area contributed by atoms with Gasteiger partial charge in [-0.3, -0.25) is 0 Å². The van der Waals surface area contributed by atoms with Crippen LogP contribution in [0, 0.1) is 17.6 Å². The number of halogens is 2. The zero-order valence-electron chi connectivity index (χ0n) is 27.1. The van der Waals surface area contributed by atoms with Crippen molar-refractivity contribution in [3.05, 3.63) is 137 Å². The van der Waals surface area contributed by atoms with Crippen molar-refractivity contribution in [1.82, 2.24) is 8.87 Å². The lowest BCUT2D eigenvalue weighted by Crippen LogP contribution is -2.31. The van der Waals surface area contributed by atoms with Crippen LogP contribution in [0.4, 0.5) is 8.78 Å². The number of methoxy groups -OCH3 is 2. The lowest BCUT2D eigenvalue weighted by Gasteiger charge is -2.23. The van der Waals surface area contributed by atoms with Gasteiger partial charge in [0.15, 0.2) is 0 Å². The number of ether oxygens (including phenoxy) is 2. The fourth-order valence-electron chi connectivity index (χ4n) is 5.90. The number of carbonyl (C=O) groups is 1. The Hall–Kier alpha value is -5.00.